The van der Waals surface area contributed by atoms with E-state index in [4.69, 9.17) is 18.9 Å². The van der Waals surface area contributed by atoms with Crippen LogP contribution in [0, 0.1) is 52.3 Å². The lowest BCUT2D eigenvalue weighted by Crippen LogP contribution is -2.65. The highest BCUT2D eigenvalue weighted by Gasteiger charge is 2.76. The molecule has 1 aliphatic heterocycles. The number of hydrogen-bond acceptors (Lipinski definition) is 7. The number of carbonyl (C=O) groups is 3. The van der Waals surface area contributed by atoms with Crippen molar-refractivity contribution in [1.82, 2.24) is 0 Å². The van der Waals surface area contributed by atoms with Gasteiger partial charge in [0.25, 0.3) is 0 Å². The zero-order valence-corrected chi connectivity index (χ0v) is 23.7. The molecule has 0 spiro atoms. The molecule has 0 bridgehead atoms. The Hall–Kier alpha value is -1.63. The van der Waals surface area contributed by atoms with Gasteiger partial charge in [-0.05, 0) is 79.4 Å². The molecule has 5 fully saturated rings. The van der Waals surface area contributed by atoms with Crippen LogP contribution in [0.5, 0.6) is 0 Å². The Balaban J connectivity index is 1.52. The molecular formula is C30H46O7. The van der Waals surface area contributed by atoms with E-state index < -0.39 is 0 Å². The van der Waals surface area contributed by atoms with Gasteiger partial charge in [-0.15, -0.1) is 0 Å². The van der Waals surface area contributed by atoms with Crippen LogP contribution in [0.15, 0.2) is 0 Å². The van der Waals surface area contributed by atoms with E-state index in [0.29, 0.717) is 30.1 Å². The summed E-state index contributed by atoms with van der Waals surface area (Å²) < 4.78 is 23.7. The van der Waals surface area contributed by atoms with Crippen LogP contribution in [-0.4, -0.2) is 49.4 Å². The Morgan fingerprint density at radius 2 is 1.73 bits per heavy atom. The summed E-state index contributed by atoms with van der Waals surface area (Å²) >= 11 is 0. The minimum absolute atomic E-state index is 0.0475. The highest BCUT2D eigenvalue weighted by atomic mass is 16.6. The fraction of sp³-hybridized carbons (Fsp3) is 0.900. The van der Waals surface area contributed by atoms with Crippen molar-refractivity contribution in [2.24, 2.45) is 52.3 Å². The summed E-state index contributed by atoms with van der Waals surface area (Å²) in [6.07, 6.45) is 6.31. The average Bonchev–Trinajstić information content (AvgIpc) is 3.55. The maximum Gasteiger partial charge on any atom is 0.305 e. The highest BCUT2D eigenvalue weighted by molar-refractivity contribution is 5.69. The molecule has 0 N–H and O–H groups in total. The maximum atomic E-state index is 12.5. The molecule has 7 heteroatoms. The van der Waals surface area contributed by atoms with Crippen LogP contribution in [0.3, 0.4) is 0 Å². The number of rotatable bonds is 6. The second-order valence-corrected chi connectivity index (χ2v) is 13.3. The lowest BCUT2D eigenvalue weighted by molar-refractivity contribution is -0.213. The van der Waals surface area contributed by atoms with Gasteiger partial charge in [0.2, 0.25) is 0 Å². The van der Waals surface area contributed by atoms with E-state index in [9.17, 15) is 14.4 Å². The van der Waals surface area contributed by atoms with Crippen molar-refractivity contribution in [3.05, 3.63) is 0 Å². The van der Waals surface area contributed by atoms with Crippen LogP contribution in [0.2, 0.25) is 0 Å². The second kappa shape index (κ2) is 9.53. The van der Waals surface area contributed by atoms with Gasteiger partial charge in [0.15, 0.2) is 0 Å². The summed E-state index contributed by atoms with van der Waals surface area (Å²) in [6.45, 7) is 12.3. The van der Waals surface area contributed by atoms with Gasteiger partial charge in [-0.2, -0.15) is 0 Å². The smallest absolute Gasteiger partial charge is 0.305 e. The van der Waals surface area contributed by atoms with Crippen LogP contribution in [0.4, 0.5) is 0 Å². The number of ether oxygens (including phenoxy) is 4. The van der Waals surface area contributed by atoms with E-state index in [1.54, 1.807) is 0 Å². The van der Waals surface area contributed by atoms with Crippen LogP contribution in [0.1, 0.15) is 86.5 Å². The van der Waals surface area contributed by atoms with Gasteiger partial charge in [-0.1, -0.05) is 27.7 Å². The van der Waals surface area contributed by atoms with Gasteiger partial charge < -0.3 is 18.9 Å². The molecule has 0 radical (unpaired) electrons. The molecule has 1 heterocycles. The average molecular weight is 519 g/mol. The molecule has 0 aromatic carbocycles. The van der Waals surface area contributed by atoms with Gasteiger partial charge in [0, 0.05) is 31.6 Å². The van der Waals surface area contributed by atoms with Crippen LogP contribution in [-0.2, 0) is 33.3 Å². The molecule has 5 rings (SSSR count). The first-order valence-electron chi connectivity index (χ1n) is 14.5. The summed E-state index contributed by atoms with van der Waals surface area (Å²) in [6, 6.07) is 0. The molecule has 4 saturated carbocycles. The number of esters is 3. The molecule has 4 aliphatic carbocycles. The summed E-state index contributed by atoms with van der Waals surface area (Å²) in [5, 5.41) is 0. The standard InChI is InChI=1S/C30H46O7/c1-8-19-22-14-18(35-16(3)31)11-12-29(22,5)25-24(26(19)36-17(4)32)21-10-9-20(15(2)13-23(33)34-7)30(21,6)28-27(25)37-28/h15,18-22,24-28H,8-14H2,1-7H3/t15-,18-,19-,20-,21?,22+,24?,25?,26-,27?,28-,29+,30-/m1/s1. The van der Waals surface area contributed by atoms with Gasteiger partial charge in [0.1, 0.15) is 12.2 Å². The number of carbonyl (C=O) groups excluding carboxylic acids is 3. The SMILES string of the molecule is CC[C@H]1[C@@H](OC(C)=O)C2C3CC[C@H]([C@H](C)CC(=O)OC)[C@@]3(C)[C@@H]3OC3C2[C@@]2(C)CC[C@@H](OC(C)=O)C[C@@H]12. The lowest BCUT2D eigenvalue weighted by Gasteiger charge is -2.63. The Morgan fingerprint density at radius 1 is 1.03 bits per heavy atom. The van der Waals surface area contributed by atoms with Crippen LogP contribution >= 0.6 is 0 Å². The van der Waals surface area contributed by atoms with E-state index in [1.807, 2.05) is 0 Å². The summed E-state index contributed by atoms with van der Waals surface area (Å²) in [5.74, 6) is 1.48. The van der Waals surface area contributed by atoms with Crippen LogP contribution in [0.25, 0.3) is 0 Å². The Morgan fingerprint density at radius 3 is 2.35 bits per heavy atom. The Kier molecular flexibility index (Phi) is 6.94. The number of epoxide rings is 1. The molecule has 1 saturated heterocycles. The first-order chi connectivity index (χ1) is 17.5. The topological polar surface area (TPSA) is 91.4 Å². The van der Waals surface area contributed by atoms with Crippen molar-refractivity contribution in [3.8, 4) is 0 Å². The minimum Gasteiger partial charge on any atom is -0.469 e. The molecule has 13 atom stereocenters. The second-order valence-electron chi connectivity index (χ2n) is 13.3. The number of methoxy groups -OCH3 is 1. The van der Waals surface area contributed by atoms with Crippen molar-refractivity contribution in [3.63, 3.8) is 0 Å². The predicted octanol–water partition coefficient (Wildman–Crippen LogP) is 4.94. The van der Waals surface area contributed by atoms with E-state index >= 15 is 0 Å². The third kappa shape index (κ3) is 4.13. The third-order valence-electron chi connectivity index (χ3n) is 11.7. The van der Waals surface area contributed by atoms with E-state index in [0.717, 1.165) is 38.5 Å². The molecule has 0 aromatic heterocycles. The van der Waals surface area contributed by atoms with Gasteiger partial charge in [-0.25, -0.2) is 0 Å². The van der Waals surface area contributed by atoms with Gasteiger partial charge in [0.05, 0.1) is 19.3 Å². The van der Waals surface area contributed by atoms with Crippen molar-refractivity contribution in [1.29, 1.82) is 0 Å². The number of hydrogen-bond donors (Lipinski definition) is 0. The van der Waals surface area contributed by atoms with E-state index in [1.165, 1.54) is 21.0 Å². The first kappa shape index (κ1) is 27.0. The largest absolute Gasteiger partial charge is 0.469 e. The molecule has 37 heavy (non-hydrogen) atoms. The van der Waals surface area contributed by atoms with Gasteiger partial charge >= 0.3 is 17.9 Å². The fourth-order valence-corrected chi connectivity index (χ4v) is 10.4. The van der Waals surface area contributed by atoms with Gasteiger partial charge in [-0.3, -0.25) is 14.4 Å². The minimum atomic E-state index is -0.219. The summed E-state index contributed by atoms with van der Waals surface area (Å²) in [5.41, 5.74) is 0.00318. The third-order valence-corrected chi connectivity index (χ3v) is 11.7. The van der Waals surface area contributed by atoms with Crippen molar-refractivity contribution in [2.45, 2.75) is 111 Å². The monoisotopic (exact) mass is 518 g/mol. The predicted molar refractivity (Wildman–Crippen MR) is 136 cm³/mol. The molecule has 208 valence electrons. The lowest BCUT2D eigenvalue weighted by atomic mass is 9.41. The zero-order chi connectivity index (χ0) is 26.9. The molecular weight excluding hydrogens is 472 g/mol. The van der Waals surface area contributed by atoms with Crippen molar-refractivity contribution < 1.29 is 33.3 Å². The summed E-state index contributed by atoms with van der Waals surface area (Å²) in [4.78, 5) is 36.5. The fourth-order valence-electron chi connectivity index (χ4n) is 10.4. The molecule has 0 aromatic rings. The van der Waals surface area contributed by atoms with E-state index in [-0.39, 0.29) is 70.9 Å². The molecule has 4 unspecified atom stereocenters. The molecule has 0 amide bonds. The first-order valence-corrected chi connectivity index (χ1v) is 14.5. The normalized spacial score (nSPS) is 48.4. The van der Waals surface area contributed by atoms with Crippen molar-refractivity contribution >= 4 is 17.9 Å². The number of fused-ring (bicyclic) bond motifs is 8. The van der Waals surface area contributed by atoms with Crippen molar-refractivity contribution in [2.75, 3.05) is 7.11 Å². The Bertz CT molecular complexity index is 933. The maximum absolute atomic E-state index is 12.5. The zero-order valence-electron chi connectivity index (χ0n) is 23.7. The Labute approximate surface area is 221 Å². The summed E-state index contributed by atoms with van der Waals surface area (Å²) in [7, 11) is 1.46. The van der Waals surface area contributed by atoms with Crippen LogP contribution < -0.4 is 0 Å². The molecule has 7 nitrogen and oxygen atoms in total. The highest BCUT2D eigenvalue weighted by Crippen LogP contribution is 2.74. The molecule has 5 aliphatic rings. The quantitative estimate of drug-likeness (QED) is 0.279. The van der Waals surface area contributed by atoms with E-state index in [2.05, 4.69) is 27.7 Å².